The first-order chi connectivity index (χ1) is 13.3. The Morgan fingerprint density at radius 3 is 2.79 bits per heavy atom. The van der Waals surface area contributed by atoms with Crippen LogP contribution in [0.15, 0.2) is 40.7 Å². The maximum Gasteiger partial charge on any atom is 0.315 e. The molecule has 1 aromatic heterocycles. The first-order valence-electron chi connectivity index (χ1n) is 9.81. The summed E-state index contributed by atoms with van der Waals surface area (Å²) < 4.78 is 5.56. The van der Waals surface area contributed by atoms with Gasteiger partial charge in [-0.25, -0.2) is 0 Å². The van der Waals surface area contributed by atoms with Gasteiger partial charge in [0.2, 0.25) is 0 Å². The van der Waals surface area contributed by atoms with Gasteiger partial charge < -0.3 is 4.74 Å². The van der Waals surface area contributed by atoms with E-state index < -0.39 is 11.8 Å². The molecule has 6 heteroatoms. The SMILES string of the molecule is CCSCCOC(=O)C1C(C)=NC2=C(C(=O)CC(C)(C)C2)[C@@H]1c1ccccn1. The van der Waals surface area contributed by atoms with E-state index in [1.807, 2.05) is 25.1 Å². The summed E-state index contributed by atoms with van der Waals surface area (Å²) in [7, 11) is 0. The third-order valence-electron chi connectivity index (χ3n) is 5.24. The number of thioether (sulfide) groups is 1. The second-order valence-corrected chi connectivity index (χ2v) is 9.52. The van der Waals surface area contributed by atoms with Gasteiger partial charge in [-0.15, -0.1) is 0 Å². The van der Waals surface area contributed by atoms with Crippen LogP contribution in [0.2, 0.25) is 0 Å². The molecule has 1 unspecified atom stereocenters. The second-order valence-electron chi connectivity index (χ2n) is 8.13. The topological polar surface area (TPSA) is 68.6 Å². The van der Waals surface area contributed by atoms with Crippen molar-refractivity contribution >= 4 is 29.2 Å². The zero-order valence-electron chi connectivity index (χ0n) is 17.0. The fourth-order valence-corrected chi connectivity index (χ4v) is 4.56. The minimum atomic E-state index is -0.606. The number of rotatable bonds is 6. The molecule has 2 aliphatic rings. The minimum Gasteiger partial charge on any atom is -0.464 e. The van der Waals surface area contributed by atoms with Crippen LogP contribution >= 0.6 is 11.8 Å². The molecule has 0 saturated carbocycles. The van der Waals surface area contributed by atoms with Crippen LogP contribution in [0.5, 0.6) is 0 Å². The van der Waals surface area contributed by atoms with Gasteiger partial charge in [-0.05, 0) is 36.6 Å². The average Bonchev–Trinajstić information content (AvgIpc) is 2.63. The van der Waals surface area contributed by atoms with Gasteiger partial charge in [-0.1, -0.05) is 26.8 Å². The van der Waals surface area contributed by atoms with E-state index in [1.54, 1.807) is 18.0 Å². The fourth-order valence-electron chi connectivity index (χ4n) is 4.07. The first-order valence-corrected chi connectivity index (χ1v) is 11.0. The number of aliphatic imine (C=N–C) groups is 1. The Morgan fingerprint density at radius 1 is 1.32 bits per heavy atom. The number of hydrogen-bond donors (Lipinski definition) is 0. The van der Waals surface area contributed by atoms with Crippen molar-refractivity contribution in [3.05, 3.63) is 41.4 Å². The number of hydrogen-bond acceptors (Lipinski definition) is 6. The van der Waals surface area contributed by atoms with Crippen LogP contribution in [0.1, 0.15) is 52.1 Å². The highest BCUT2D eigenvalue weighted by Gasteiger charge is 2.46. The molecular formula is C22H28N2O3S. The van der Waals surface area contributed by atoms with Gasteiger partial charge in [0.1, 0.15) is 12.5 Å². The molecule has 1 aliphatic carbocycles. The molecule has 0 aromatic carbocycles. The number of ether oxygens (including phenoxy) is 1. The molecule has 0 fully saturated rings. The van der Waals surface area contributed by atoms with Crippen molar-refractivity contribution in [2.24, 2.45) is 16.3 Å². The van der Waals surface area contributed by atoms with Crippen molar-refractivity contribution < 1.29 is 14.3 Å². The minimum absolute atomic E-state index is 0.0671. The molecule has 2 heterocycles. The molecule has 0 amide bonds. The molecule has 28 heavy (non-hydrogen) atoms. The third-order valence-corrected chi connectivity index (χ3v) is 6.10. The lowest BCUT2D eigenvalue weighted by atomic mass is 9.67. The number of carbonyl (C=O) groups excluding carboxylic acids is 2. The summed E-state index contributed by atoms with van der Waals surface area (Å²) in [6, 6.07) is 5.61. The van der Waals surface area contributed by atoms with Crippen molar-refractivity contribution in [3.63, 3.8) is 0 Å². The standard InChI is InChI=1S/C22H28N2O3S/c1-5-28-11-10-27-21(26)18-14(2)24-16-12-22(3,4)13-17(25)19(16)20(18)15-8-6-7-9-23-15/h6-9,18,20H,5,10-13H2,1-4H3/t18?,20-/m1/s1. The van der Waals surface area contributed by atoms with Crippen LogP contribution in [0, 0.1) is 11.3 Å². The summed E-state index contributed by atoms with van der Waals surface area (Å²) in [4.78, 5) is 35.3. The van der Waals surface area contributed by atoms with Gasteiger partial charge >= 0.3 is 5.97 Å². The lowest BCUT2D eigenvalue weighted by Gasteiger charge is -2.38. The van der Waals surface area contributed by atoms with Gasteiger partial charge in [-0.2, -0.15) is 11.8 Å². The molecule has 0 N–H and O–H groups in total. The molecule has 1 aliphatic heterocycles. The van der Waals surface area contributed by atoms with E-state index in [1.165, 1.54) is 0 Å². The highest BCUT2D eigenvalue weighted by molar-refractivity contribution is 7.99. The largest absolute Gasteiger partial charge is 0.464 e. The highest BCUT2D eigenvalue weighted by atomic mass is 32.2. The summed E-state index contributed by atoms with van der Waals surface area (Å²) >= 11 is 1.73. The van der Waals surface area contributed by atoms with E-state index in [9.17, 15) is 9.59 Å². The van der Waals surface area contributed by atoms with E-state index in [0.29, 0.717) is 24.3 Å². The zero-order chi connectivity index (χ0) is 20.3. The van der Waals surface area contributed by atoms with Gasteiger partial charge in [-0.3, -0.25) is 19.6 Å². The molecule has 3 rings (SSSR count). The van der Waals surface area contributed by atoms with Gasteiger partial charge in [0.25, 0.3) is 0 Å². The molecular weight excluding hydrogens is 372 g/mol. The maximum atomic E-state index is 13.1. The van der Waals surface area contributed by atoms with Crippen molar-refractivity contribution in [2.75, 3.05) is 18.1 Å². The van der Waals surface area contributed by atoms with E-state index in [-0.39, 0.29) is 17.2 Å². The Hall–Kier alpha value is -1.95. The summed E-state index contributed by atoms with van der Waals surface area (Å²) in [6.07, 6.45) is 2.89. The molecule has 2 atom stereocenters. The van der Waals surface area contributed by atoms with Crippen molar-refractivity contribution in [2.45, 2.75) is 46.5 Å². The highest BCUT2D eigenvalue weighted by Crippen LogP contribution is 2.47. The van der Waals surface area contributed by atoms with Crippen molar-refractivity contribution in [3.8, 4) is 0 Å². The molecule has 150 valence electrons. The van der Waals surface area contributed by atoms with E-state index in [0.717, 1.165) is 29.3 Å². The number of carbonyl (C=O) groups is 2. The van der Waals surface area contributed by atoms with Crippen LogP contribution in [0.4, 0.5) is 0 Å². The summed E-state index contributed by atoms with van der Waals surface area (Å²) in [5.74, 6) is 0.461. The number of ketones is 1. The van der Waals surface area contributed by atoms with Crippen LogP contribution in [-0.4, -0.2) is 40.6 Å². The maximum absolute atomic E-state index is 13.1. The lowest BCUT2D eigenvalue weighted by molar-refractivity contribution is -0.146. The van der Waals surface area contributed by atoms with Gasteiger partial charge in [0, 0.05) is 41.0 Å². The summed E-state index contributed by atoms with van der Waals surface area (Å²) in [6.45, 7) is 8.47. The number of esters is 1. The molecule has 1 aromatic rings. The Kier molecular flexibility index (Phi) is 6.38. The molecule has 0 spiro atoms. The smallest absolute Gasteiger partial charge is 0.315 e. The number of nitrogens with zero attached hydrogens (tertiary/aromatic N) is 2. The Bertz CT molecular complexity index is 814. The predicted octanol–water partition coefficient (Wildman–Crippen LogP) is 4.20. The number of aromatic nitrogens is 1. The number of pyridine rings is 1. The molecule has 5 nitrogen and oxygen atoms in total. The van der Waals surface area contributed by atoms with Crippen LogP contribution in [0.25, 0.3) is 0 Å². The lowest BCUT2D eigenvalue weighted by Crippen LogP contribution is -2.40. The molecule has 0 radical (unpaired) electrons. The third kappa shape index (κ3) is 4.37. The Labute approximate surface area is 171 Å². The van der Waals surface area contributed by atoms with Crippen LogP contribution in [0.3, 0.4) is 0 Å². The number of Topliss-reactive ketones (excluding diaryl/α,β-unsaturated/α-hetero) is 1. The quantitative estimate of drug-likeness (QED) is 0.529. The van der Waals surface area contributed by atoms with E-state index in [4.69, 9.17) is 9.73 Å². The first kappa shape index (κ1) is 20.8. The van der Waals surface area contributed by atoms with Gasteiger partial charge in [0.15, 0.2) is 5.78 Å². The van der Waals surface area contributed by atoms with Crippen LogP contribution < -0.4 is 0 Å². The van der Waals surface area contributed by atoms with E-state index >= 15 is 0 Å². The Morgan fingerprint density at radius 2 is 2.11 bits per heavy atom. The normalized spacial score (nSPS) is 23.9. The molecule has 0 bridgehead atoms. The summed E-state index contributed by atoms with van der Waals surface area (Å²) in [5.41, 5.74) is 2.75. The second kappa shape index (κ2) is 8.60. The zero-order valence-corrected chi connectivity index (χ0v) is 17.8. The number of allylic oxidation sites excluding steroid dienone is 2. The van der Waals surface area contributed by atoms with E-state index in [2.05, 4.69) is 25.8 Å². The van der Waals surface area contributed by atoms with Crippen molar-refractivity contribution in [1.29, 1.82) is 0 Å². The average molecular weight is 401 g/mol. The van der Waals surface area contributed by atoms with Gasteiger partial charge in [0.05, 0.1) is 5.92 Å². The monoisotopic (exact) mass is 400 g/mol. The van der Waals surface area contributed by atoms with Crippen LogP contribution in [-0.2, 0) is 14.3 Å². The predicted molar refractivity (Wildman–Crippen MR) is 113 cm³/mol. The van der Waals surface area contributed by atoms with Crippen molar-refractivity contribution in [1.82, 2.24) is 4.98 Å². The fraction of sp³-hybridized carbons (Fsp3) is 0.545. The Balaban J connectivity index is 1.99. The molecule has 0 saturated heterocycles. The summed E-state index contributed by atoms with van der Waals surface area (Å²) in [5, 5.41) is 0.